The number of hydroxylamine groups is 5. The number of ether oxygens (including phenoxy) is 6. The number of hydrogen-bond acceptors (Lipinski definition) is 13. The Morgan fingerprint density at radius 3 is 1.02 bits per heavy atom. The molecule has 12 N–H and O–H groups in total. The van der Waals surface area contributed by atoms with Crippen molar-refractivity contribution in [2.75, 3.05) is 52.9 Å². The van der Waals surface area contributed by atoms with Gasteiger partial charge in [0.1, 0.15) is 24.4 Å². The minimum absolute atomic E-state index is 0. The third-order valence-electron chi connectivity index (χ3n) is 5.99. The van der Waals surface area contributed by atoms with Crippen LogP contribution in [0.2, 0.25) is 0 Å². The molecule has 0 rings (SSSR count). The van der Waals surface area contributed by atoms with Crippen LogP contribution in [0.25, 0.3) is 32.8 Å². The van der Waals surface area contributed by atoms with E-state index in [1.54, 1.807) is 27.4 Å². The summed E-state index contributed by atoms with van der Waals surface area (Å²) in [7, 11) is 0. The first-order valence-corrected chi connectivity index (χ1v) is 14.3. The first-order chi connectivity index (χ1) is 23.1. The minimum Gasteiger partial charge on any atom is -0.509 e. The molecule has 0 aliphatic carbocycles. The van der Waals surface area contributed by atoms with E-state index in [1.807, 2.05) is 0 Å². The molecule has 0 aromatic heterocycles. The molecule has 24 nitrogen and oxygen atoms in total. The van der Waals surface area contributed by atoms with Crippen LogP contribution in [0.1, 0.15) is 38.5 Å². The largest absolute Gasteiger partial charge is 2.00 e. The quantitative estimate of drug-likeness (QED) is 0.0112. The summed E-state index contributed by atoms with van der Waals surface area (Å²) in [5.41, 5.74) is 15.3. The van der Waals surface area contributed by atoms with Crippen LogP contribution in [0.15, 0.2) is 5.16 Å². The van der Waals surface area contributed by atoms with Gasteiger partial charge in [0.15, 0.2) is 0 Å². The van der Waals surface area contributed by atoms with Gasteiger partial charge in [-0.1, -0.05) is 35.0 Å². The normalized spacial score (nSPS) is 12.4. The predicted octanol–water partition coefficient (Wildman–Crippen LogP) is -0.541. The Labute approximate surface area is 375 Å². The van der Waals surface area contributed by atoms with Gasteiger partial charge in [-0.25, -0.2) is 0 Å². The SMILES string of the molecule is [Cu+2].[Cu+2].[Cu+2].[Cu+2].[Cu+].[Cu+].[N-]=C(CCOCC(OCCC(=[N-])NO)C(OCCC(=[N-])NO)C(OCCC(=[N-])NO)C(COCCC([NH-])=NO)OCCC(=[N-])NO)NO. The zero-order valence-corrected chi connectivity index (χ0v) is 33.5. The zero-order valence-electron chi connectivity index (χ0n) is 27.8. The van der Waals surface area contributed by atoms with Crippen molar-refractivity contribution < 1.29 is 162 Å². The second-order valence-corrected chi connectivity index (χ2v) is 9.48. The molecule has 0 amide bonds. The predicted molar refractivity (Wildman–Crippen MR) is 168 cm³/mol. The van der Waals surface area contributed by atoms with Crippen molar-refractivity contribution in [3.8, 4) is 0 Å². The van der Waals surface area contributed by atoms with E-state index in [2.05, 4.69) is 5.16 Å². The average molecular weight is 1070 g/mol. The zero-order chi connectivity index (χ0) is 36.2. The van der Waals surface area contributed by atoms with E-state index in [0.717, 1.165) is 0 Å². The van der Waals surface area contributed by atoms with Crippen molar-refractivity contribution in [2.24, 2.45) is 5.16 Å². The fourth-order valence-corrected chi connectivity index (χ4v) is 3.57. The molecule has 0 heterocycles. The Kier molecular flexibility index (Phi) is 56.7. The number of oxime groups is 1. The van der Waals surface area contributed by atoms with Gasteiger partial charge in [-0.15, -0.1) is 0 Å². The van der Waals surface area contributed by atoms with E-state index in [1.165, 1.54) is 0 Å². The van der Waals surface area contributed by atoms with Gasteiger partial charge in [-0.2, -0.15) is 0 Å². The van der Waals surface area contributed by atoms with Gasteiger partial charge in [0.25, 0.3) is 0 Å². The summed E-state index contributed by atoms with van der Waals surface area (Å²) < 4.78 is 35.2. The maximum absolute atomic E-state index is 9.74. The van der Waals surface area contributed by atoms with Crippen molar-refractivity contribution in [3.63, 3.8) is 0 Å². The Hall–Kier alpha value is -0.703. The van der Waals surface area contributed by atoms with E-state index in [9.17, 15) is 27.0 Å². The van der Waals surface area contributed by atoms with Gasteiger partial charge in [0, 0.05) is 0 Å². The van der Waals surface area contributed by atoms with Crippen molar-refractivity contribution in [1.29, 1.82) is 0 Å². The van der Waals surface area contributed by atoms with E-state index >= 15 is 0 Å². The molecular formula is C24H44Cu6N12O12+4. The maximum Gasteiger partial charge on any atom is 2.00 e. The van der Waals surface area contributed by atoms with E-state index in [-0.39, 0.29) is 200 Å². The molecule has 0 fully saturated rings. The fourth-order valence-electron chi connectivity index (χ4n) is 3.57. The van der Waals surface area contributed by atoms with Crippen LogP contribution in [0.5, 0.6) is 0 Å². The van der Waals surface area contributed by atoms with Crippen LogP contribution in [0, 0.1) is 0 Å². The molecule has 0 aromatic rings. The molecule has 4 radical (unpaired) electrons. The molecule has 0 aromatic carbocycles. The Morgan fingerprint density at radius 1 is 0.481 bits per heavy atom. The number of amidine groups is 6. The van der Waals surface area contributed by atoms with E-state index in [4.69, 9.17) is 65.4 Å². The molecule has 0 saturated carbocycles. The summed E-state index contributed by atoms with van der Waals surface area (Å²) in [4.78, 5) is 0. The van der Waals surface area contributed by atoms with Gasteiger partial charge < -0.3 is 125 Å². The van der Waals surface area contributed by atoms with Crippen LogP contribution in [0.3, 0.4) is 0 Å². The second kappa shape index (κ2) is 45.0. The minimum atomic E-state index is -1.27. The van der Waals surface area contributed by atoms with Gasteiger partial charge in [-0.3, -0.25) is 0 Å². The number of hydrogen-bond donors (Lipinski definition) is 11. The molecule has 0 spiro atoms. The summed E-state index contributed by atoms with van der Waals surface area (Å²) >= 11 is 0. The Morgan fingerprint density at radius 2 is 0.741 bits per heavy atom. The summed E-state index contributed by atoms with van der Waals surface area (Å²) in [5, 5.41) is 105. The maximum atomic E-state index is 9.74. The molecule has 0 saturated heterocycles. The van der Waals surface area contributed by atoms with Crippen molar-refractivity contribution >= 4 is 35.0 Å². The van der Waals surface area contributed by atoms with Crippen LogP contribution in [0.4, 0.5) is 0 Å². The summed E-state index contributed by atoms with van der Waals surface area (Å²) in [6, 6.07) is 0. The smallest absolute Gasteiger partial charge is 0.509 e. The van der Waals surface area contributed by atoms with Gasteiger partial charge in [0.2, 0.25) is 0 Å². The molecule has 54 heavy (non-hydrogen) atoms. The monoisotopic (exact) mass is 1070 g/mol. The van der Waals surface area contributed by atoms with Crippen LogP contribution in [-0.4, -0.2) is 144 Å². The third-order valence-corrected chi connectivity index (χ3v) is 5.99. The van der Waals surface area contributed by atoms with Gasteiger partial charge in [-0.05, 0) is 38.5 Å². The Balaban J connectivity index is -0.000000736. The van der Waals surface area contributed by atoms with Crippen LogP contribution >= 0.6 is 0 Å². The van der Waals surface area contributed by atoms with Crippen molar-refractivity contribution in [3.05, 3.63) is 32.8 Å². The molecular weight excluding hydrogens is 1030 g/mol. The molecule has 4 atom stereocenters. The summed E-state index contributed by atoms with van der Waals surface area (Å²) in [6.07, 6.45) is -6.07. The standard InChI is InChI=1S/C24H44N12O12.6Cu/c25-17(31-37)1-7-43-13-15(45-9-3-19(27)33-39)23(47-11-5-21(29)35-41)24(48-12-6-22(30)36-42)16(46-10-4-20(28)34-40)14-44-8-2-18(26)32-38;;;;;;/h15-16,23-24H,1-14H2,(H12-6,25,26,27,28,29,30,31,32,33,34,35,36,37,38,39,40,41,42);;;;;;/q-6;2*+1;4*+2. The molecule has 0 bridgehead atoms. The number of rotatable bonds is 29. The summed E-state index contributed by atoms with van der Waals surface area (Å²) in [5.74, 6) is -3.12. The van der Waals surface area contributed by atoms with Gasteiger partial charge >= 0.3 is 102 Å². The van der Waals surface area contributed by atoms with Crippen LogP contribution in [-0.2, 0) is 131 Å². The molecule has 0 aliphatic rings. The third kappa shape index (κ3) is 34.5. The number of nitrogens with one attached hydrogen (secondary N) is 6. The Bertz CT molecular complexity index is 1010. The molecule has 0 aliphatic heterocycles. The number of nitrogens with zero attached hydrogens (tertiary/aromatic N) is 6. The van der Waals surface area contributed by atoms with Crippen molar-refractivity contribution in [1.82, 2.24) is 27.4 Å². The van der Waals surface area contributed by atoms with Gasteiger partial charge in [0.05, 0.1) is 52.9 Å². The molecule has 4 unspecified atom stereocenters. The molecule has 334 valence electrons. The van der Waals surface area contributed by atoms with Crippen molar-refractivity contribution in [2.45, 2.75) is 62.9 Å². The van der Waals surface area contributed by atoms with E-state index < -0.39 is 53.6 Å². The average Bonchev–Trinajstić information content (AvgIpc) is 3.10. The van der Waals surface area contributed by atoms with Crippen LogP contribution < -0.4 is 27.4 Å². The topological polar surface area (TPSA) is 385 Å². The fraction of sp³-hybridized carbons (Fsp3) is 0.750. The summed E-state index contributed by atoms with van der Waals surface area (Å²) in [6.45, 7) is -2.02. The second-order valence-electron chi connectivity index (χ2n) is 9.48. The van der Waals surface area contributed by atoms with E-state index in [0.29, 0.717) is 0 Å². The first kappa shape index (κ1) is 68.0. The molecule has 30 heteroatoms. The first-order valence-electron chi connectivity index (χ1n) is 14.3.